The average Bonchev–Trinajstić information content (AvgIpc) is 2.83. The van der Waals surface area contributed by atoms with E-state index in [9.17, 15) is 18.0 Å². The van der Waals surface area contributed by atoms with E-state index >= 15 is 0 Å². The molecule has 1 N–H and O–H groups in total. The number of rotatable bonds is 6. The van der Waals surface area contributed by atoms with Gasteiger partial charge in [-0.25, -0.2) is 0 Å². The molecular formula is C27H24F3N3O. The molecular weight excluding hydrogens is 439 g/mol. The highest BCUT2D eigenvalue weighted by molar-refractivity contribution is 5.95. The monoisotopic (exact) mass is 463 g/mol. The van der Waals surface area contributed by atoms with Gasteiger partial charge in [0.1, 0.15) is 0 Å². The number of nitrogens with one attached hydrogen (secondary N) is 1. The third kappa shape index (κ3) is 5.46. The smallest absolute Gasteiger partial charge is 0.351 e. The Balaban J connectivity index is 1.56. The SMILES string of the molecule is N#CCCNC(=O)c1cccc(-c2cccc3c2CN(Cc2cccc(C(F)(F)F)c2)CC3)c1. The number of carbonyl (C=O) groups is 1. The lowest BCUT2D eigenvalue weighted by Gasteiger charge is -2.30. The summed E-state index contributed by atoms with van der Waals surface area (Å²) in [4.78, 5) is 14.6. The van der Waals surface area contributed by atoms with Gasteiger partial charge in [0.05, 0.1) is 18.1 Å². The zero-order chi connectivity index (χ0) is 24.1. The maximum Gasteiger partial charge on any atom is 0.416 e. The maximum atomic E-state index is 13.1. The molecule has 0 unspecified atom stereocenters. The van der Waals surface area contributed by atoms with E-state index in [2.05, 4.69) is 16.3 Å². The molecule has 0 atom stereocenters. The van der Waals surface area contributed by atoms with Gasteiger partial charge in [-0.3, -0.25) is 9.69 Å². The number of halogens is 3. The summed E-state index contributed by atoms with van der Waals surface area (Å²) < 4.78 is 39.3. The lowest BCUT2D eigenvalue weighted by atomic mass is 9.90. The summed E-state index contributed by atoms with van der Waals surface area (Å²) in [5.41, 5.74) is 4.78. The second kappa shape index (κ2) is 10.1. The minimum atomic E-state index is -4.36. The van der Waals surface area contributed by atoms with E-state index in [4.69, 9.17) is 5.26 Å². The molecule has 0 aromatic heterocycles. The van der Waals surface area contributed by atoms with Crippen LogP contribution in [0.5, 0.6) is 0 Å². The van der Waals surface area contributed by atoms with Gasteiger partial charge < -0.3 is 5.32 Å². The Morgan fingerprint density at radius 1 is 1.06 bits per heavy atom. The highest BCUT2D eigenvalue weighted by Crippen LogP contribution is 2.33. The molecule has 0 aliphatic carbocycles. The van der Waals surface area contributed by atoms with Gasteiger partial charge >= 0.3 is 6.18 Å². The summed E-state index contributed by atoms with van der Waals surface area (Å²) in [7, 11) is 0. The summed E-state index contributed by atoms with van der Waals surface area (Å²) in [5, 5.41) is 11.4. The van der Waals surface area contributed by atoms with Gasteiger partial charge in [-0.05, 0) is 52.4 Å². The molecule has 1 aliphatic rings. The van der Waals surface area contributed by atoms with Crippen molar-refractivity contribution in [1.82, 2.24) is 10.2 Å². The van der Waals surface area contributed by atoms with Crippen LogP contribution < -0.4 is 5.32 Å². The topological polar surface area (TPSA) is 56.1 Å². The van der Waals surface area contributed by atoms with Crippen molar-refractivity contribution in [3.63, 3.8) is 0 Å². The lowest BCUT2D eigenvalue weighted by Crippen LogP contribution is -2.30. The maximum absolute atomic E-state index is 13.1. The van der Waals surface area contributed by atoms with E-state index in [1.54, 1.807) is 12.1 Å². The van der Waals surface area contributed by atoms with Crippen LogP contribution in [0.1, 0.15) is 39.0 Å². The Labute approximate surface area is 196 Å². The number of amides is 1. The molecule has 4 rings (SSSR count). The van der Waals surface area contributed by atoms with E-state index in [0.29, 0.717) is 30.8 Å². The first-order chi connectivity index (χ1) is 16.3. The van der Waals surface area contributed by atoms with Crippen molar-refractivity contribution < 1.29 is 18.0 Å². The van der Waals surface area contributed by atoms with Gasteiger partial charge in [0.2, 0.25) is 0 Å². The molecule has 0 saturated carbocycles. The van der Waals surface area contributed by atoms with E-state index in [1.807, 2.05) is 36.4 Å². The summed E-state index contributed by atoms with van der Waals surface area (Å²) in [6, 6.07) is 20.9. The first kappa shape index (κ1) is 23.5. The van der Waals surface area contributed by atoms with Gasteiger partial charge in [0.15, 0.2) is 0 Å². The number of hydrogen-bond acceptors (Lipinski definition) is 3. The molecule has 3 aromatic rings. The van der Waals surface area contributed by atoms with Crippen molar-refractivity contribution in [2.24, 2.45) is 0 Å². The summed E-state index contributed by atoms with van der Waals surface area (Å²) >= 11 is 0. The zero-order valence-electron chi connectivity index (χ0n) is 18.5. The van der Waals surface area contributed by atoms with Crippen LogP contribution in [0.2, 0.25) is 0 Å². The number of benzene rings is 3. The third-order valence-corrected chi connectivity index (χ3v) is 5.97. The molecule has 0 radical (unpaired) electrons. The van der Waals surface area contributed by atoms with Gasteiger partial charge in [0.25, 0.3) is 5.91 Å². The largest absolute Gasteiger partial charge is 0.416 e. The van der Waals surface area contributed by atoms with Crippen molar-refractivity contribution in [3.8, 4) is 17.2 Å². The van der Waals surface area contributed by atoms with Crippen LogP contribution in [0.25, 0.3) is 11.1 Å². The van der Waals surface area contributed by atoms with Crippen molar-refractivity contribution in [2.75, 3.05) is 13.1 Å². The highest BCUT2D eigenvalue weighted by atomic mass is 19.4. The Morgan fingerprint density at radius 2 is 1.85 bits per heavy atom. The van der Waals surface area contributed by atoms with Crippen LogP contribution in [-0.2, 0) is 25.7 Å². The fourth-order valence-corrected chi connectivity index (χ4v) is 4.31. The average molecular weight is 464 g/mol. The highest BCUT2D eigenvalue weighted by Gasteiger charge is 2.30. The Kier molecular flexibility index (Phi) is 6.99. The number of nitriles is 1. The van der Waals surface area contributed by atoms with Gasteiger partial charge in [-0.15, -0.1) is 0 Å². The first-order valence-electron chi connectivity index (χ1n) is 11.1. The fourth-order valence-electron chi connectivity index (χ4n) is 4.31. The number of nitrogens with zero attached hydrogens (tertiary/aromatic N) is 2. The molecule has 7 heteroatoms. The summed E-state index contributed by atoms with van der Waals surface area (Å²) in [6.45, 7) is 2.10. The van der Waals surface area contributed by atoms with Crippen molar-refractivity contribution in [2.45, 2.75) is 32.1 Å². The molecule has 34 heavy (non-hydrogen) atoms. The Bertz CT molecular complexity index is 1230. The van der Waals surface area contributed by atoms with E-state index in [-0.39, 0.29) is 12.3 Å². The Hall–Kier alpha value is -3.63. The van der Waals surface area contributed by atoms with Crippen molar-refractivity contribution in [3.05, 3.63) is 94.5 Å². The molecule has 3 aromatic carbocycles. The van der Waals surface area contributed by atoms with Crippen molar-refractivity contribution >= 4 is 5.91 Å². The van der Waals surface area contributed by atoms with Gasteiger partial charge in [-0.2, -0.15) is 18.4 Å². The van der Waals surface area contributed by atoms with E-state index < -0.39 is 11.7 Å². The van der Waals surface area contributed by atoms with Gasteiger partial charge in [0, 0.05) is 31.7 Å². The fraction of sp³-hybridized carbons (Fsp3) is 0.259. The lowest BCUT2D eigenvalue weighted by molar-refractivity contribution is -0.137. The quantitative estimate of drug-likeness (QED) is 0.486. The molecule has 4 nitrogen and oxygen atoms in total. The van der Waals surface area contributed by atoms with Gasteiger partial charge in [-0.1, -0.05) is 48.5 Å². The molecule has 1 heterocycles. The van der Waals surface area contributed by atoms with Crippen LogP contribution in [0.3, 0.4) is 0 Å². The van der Waals surface area contributed by atoms with Crippen molar-refractivity contribution in [1.29, 1.82) is 5.26 Å². The van der Waals surface area contributed by atoms with Crippen LogP contribution in [0, 0.1) is 11.3 Å². The first-order valence-corrected chi connectivity index (χ1v) is 11.1. The second-order valence-corrected chi connectivity index (χ2v) is 8.35. The standard InChI is InChI=1S/C27H24F3N3O/c28-27(29,30)23-9-1-5-19(15-23)17-33-14-11-20-6-3-10-24(25(20)18-33)21-7-2-8-22(16-21)26(34)32-13-4-12-31/h1-3,5-10,15-16H,4,11,13-14,17-18H2,(H,32,34). The molecule has 1 aliphatic heterocycles. The molecule has 174 valence electrons. The molecule has 0 spiro atoms. The number of alkyl halides is 3. The third-order valence-electron chi connectivity index (χ3n) is 5.97. The van der Waals surface area contributed by atoms with Crippen LogP contribution >= 0.6 is 0 Å². The molecule has 0 saturated heterocycles. The molecule has 1 amide bonds. The summed E-state index contributed by atoms with van der Waals surface area (Å²) in [6.07, 6.45) is -3.31. The predicted octanol–water partition coefficient (Wildman–Crippen LogP) is 5.57. The summed E-state index contributed by atoms with van der Waals surface area (Å²) in [5.74, 6) is -0.229. The molecule has 0 bridgehead atoms. The van der Waals surface area contributed by atoms with Crippen LogP contribution in [0.4, 0.5) is 13.2 Å². The van der Waals surface area contributed by atoms with E-state index in [1.165, 1.54) is 17.7 Å². The minimum absolute atomic E-state index is 0.229. The molecule has 0 fully saturated rings. The van der Waals surface area contributed by atoms with Crippen LogP contribution in [-0.4, -0.2) is 23.9 Å². The zero-order valence-corrected chi connectivity index (χ0v) is 18.5. The number of carbonyl (C=O) groups excluding carboxylic acids is 1. The Morgan fingerprint density at radius 3 is 2.65 bits per heavy atom. The number of hydrogen-bond donors (Lipinski definition) is 1. The van der Waals surface area contributed by atoms with E-state index in [0.717, 1.165) is 35.7 Å². The predicted molar refractivity (Wildman–Crippen MR) is 124 cm³/mol. The van der Waals surface area contributed by atoms with Crippen LogP contribution in [0.15, 0.2) is 66.7 Å². The second-order valence-electron chi connectivity index (χ2n) is 8.35. The number of fused-ring (bicyclic) bond motifs is 1. The minimum Gasteiger partial charge on any atom is -0.351 e. The normalized spacial score (nSPS) is 13.7.